The topological polar surface area (TPSA) is 35.9 Å². The van der Waals surface area contributed by atoms with Gasteiger partial charge in [0.05, 0.1) is 13.2 Å². The van der Waals surface area contributed by atoms with E-state index in [1.165, 1.54) is 19.5 Å². The normalized spacial score (nSPS) is 30.8. The molecule has 0 aromatic heterocycles. The number of hydrogen-bond acceptors (Lipinski definition) is 4. The SMILES string of the molecule is CC(CO)CN1CCC(N2CCOCC2)C1. The van der Waals surface area contributed by atoms with Crippen LogP contribution in [0.15, 0.2) is 0 Å². The molecule has 94 valence electrons. The van der Waals surface area contributed by atoms with Crippen molar-refractivity contribution in [1.82, 2.24) is 9.80 Å². The van der Waals surface area contributed by atoms with E-state index >= 15 is 0 Å². The Morgan fingerprint density at radius 3 is 2.75 bits per heavy atom. The number of aliphatic hydroxyl groups is 1. The Kier molecular flexibility index (Phi) is 4.58. The molecule has 0 aromatic rings. The largest absolute Gasteiger partial charge is 0.396 e. The molecule has 2 atom stereocenters. The van der Waals surface area contributed by atoms with E-state index in [9.17, 15) is 0 Å². The van der Waals surface area contributed by atoms with Crippen molar-refractivity contribution in [3.05, 3.63) is 0 Å². The molecular formula is C12H24N2O2. The molecule has 0 bridgehead atoms. The summed E-state index contributed by atoms with van der Waals surface area (Å²) in [5.41, 5.74) is 0. The Morgan fingerprint density at radius 2 is 2.06 bits per heavy atom. The maximum Gasteiger partial charge on any atom is 0.0594 e. The van der Waals surface area contributed by atoms with Crippen molar-refractivity contribution in [1.29, 1.82) is 0 Å². The van der Waals surface area contributed by atoms with Crippen LogP contribution in [0.1, 0.15) is 13.3 Å². The summed E-state index contributed by atoms with van der Waals surface area (Å²) in [6.45, 7) is 9.78. The molecule has 1 N–H and O–H groups in total. The van der Waals surface area contributed by atoms with E-state index in [1.54, 1.807) is 0 Å². The zero-order valence-electron chi connectivity index (χ0n) is 10.3. The second kappa shape index (κ2) is 5.96. The molecule has 2 unspecified atom stereocenters. The zero-order valence-corrected chi connectivity index (χ0v) is 10.3. The minimum Gasteiger partial charge on any atom is -0.396 e. The maximum atomic E-state index is 9.06. The summed E-state index contributed by atoms with van der Waals surface area (Å²) in [5, 5.41) is 9.06. The van der Waals surface area contributed by atoms with Crippen LogP contribution in [0, 0.1) is 5.92 Å². The monoisotopic (exact) mass is 228 g/mol. The third-order valence-electron chi connectivity index (χ3n) is 3.69. The fourth-order valence-corrected chi connectivity index (χ4v) is 2.72. The van der Waals surface area contributed by atoms with Gasteiger partial charge >= 0.3 is 0 Å². The van der Waals surface area contributed by atoms with Gasteiger partial charge in [-0.05, 0) is 18.9 Å². The molecule has 2 aliphatic heterocycles. The summed E-state index contributed by atoms with van der Waals surface area (Å²) >= 11 is 0. The quantitative estimate of drug-likeness (QED) is 0.736. The molecular weight excluding hydrogens is 204 g/mol. The zero-order chi connectivity index (χ0) is 11.4. The molecule has 2 heterocycles. The third kappa shape index (κ3) is 3.17. The maximum absolute atomic E-state index is 9.06. The molecule has 4 nitrogen and oxygen atoms in total. The van der Waals surface area contributed by atoms with Crippen LogP contribution in [0.25, 0.3) is 0 Å². The Bertz CT molecular complexity index is 207. The van der Waals surface area contributed by atoms with Crippen LogP contribution >= 0.6 is 0 Å². The first kappa shape index (κ1) is 12.3. The van der Waals surface area contributed by atoms with Gasteiger partial charge in [-0.2, -0.15) is 0 Å². The highest BCUT2D eigenvalue weighted by molar-refractivity contribution is 4.84. The van der Waals surface area contributed by atoms with E-state index in [0.717, 1.165) is 38.9 Å². The Labute approximate surface area is 98.2 Å². The van der Waals surface area contributed by atoms with Gasteiger partial charge in [-0.25, -0.2) is 0 Å². The van der Waals surface area contributed by atoms with Gasteiger partial charge in [0, 0.05) is 38.8 Å². The number of likely N-dealkylation sites (tertiary alicyclic amines) is 1. The highest BCUT2D eigenvalue weighted by atomic mass is 16.5. The van der Waals surface area contributed by atoms with Gasteiger partial charge in [0.2, 0.25) is 0 Å². The Balaban J connectivity index is 1.74. The van der Waals surface area contributed by atoms with E-state index in [2.05, 4.69) is 16.7 Å². The standard InChI is InChI=1S/C12H24N2O2/c1-11(10-15)8-13-3-2-12(9-13)14-4-6-16-7-5-14/h11-12,15H,2-10H2,1H3. The van der Waals surface area contributed by atoms with Crippen molar-refractivity contribution in [2.45, 2.75) is 19.4 Å². The lowest BCUT2D eigenvalue weighted by atomic mass is 10.2. The molecule has 2 saturated heterocycles. The van der Waals surface area contributed by atoms with Crippen molar-refractivity contribution >= 4 is 0 Å². The van der Waals surface area contributed by atoms with Crippen LogP contribution in [0.5, 0.6) is 0 Å². The minimum absolute atomic E-state index is 0.304. The molecule has 2 rings (SSSR count). The molecule has 0 saturated carbocycles. The molecule has 0 aliphatic carbocycles. The smallest absolute Gasteiger partial charge is 0.0594 e. The fourth-order valence-electron chi connectivity index (χ4n) is 2.72. The first-order chi connectivity index (χ1) is 7.79. The van der Waals surface area contributed by atoms with Crippen LogP contribution < -0.4 is 0 Å². The predicted molar refractivity (Wildman–Crippen MR) is 63.5 cm³/mol. The molecule has 0 aromatic carbocycles. The molecule has 0 radical (unpaired) electrons. The summed E-state index contributed by atoms with van der Waals surface area (Å²) in [6.07, 6.45) is 1.28. The number of ether oxygens (including phenoxy) is 1. The third-order valence-corrected chi connectivity index (χ3v) is 3.69. The summed E-state index contributed by atoms with van der Waals surface area (Å²) in [6, 6.07) is 0.717. The number of morpholine rings is 1. The van der Waals surface area contributed by atoms with Crippen LogP contribution in [-0.2, 0) is 4.74 Å². The summed E-state index contributed by atoms with van der Waals surface area (Å²) < 4.78 is 5.38. The van der Waals surface area contributed by atoms with Crippen molar-refractivity contribution in [3.8, 4) is 0 Å². The highest BCUT2D eigenvalue weighted by Crippen LogP contribution is 2.17. The fraction of sp³-hybridized carbons (Fsp3) is 1.00. The average molecular weight is 228 g/mol. The van der Waals surface area contributed by atoms with Gasteiger partial charge in [0.1, 0.15) is 0 Å². The van der Waals surface area contributed by atoms with E-state index in [0.29, 0.717) is 12.5 Å². The lowest BCUT2D eigenvalue weighted by molar-refractivity contribution is 0.0181. The molecule has 0 spiro atoms. The molecule has 4 heteroatoms. The highest BCUT2D eigenvalue weighted by Gasteiger charge is 2.28. The van der Waals surface area contributed by atoms with Gasteiger partial charge in [-0.15, -0.1) is 0 Å². The van der Waals surface area contributed by atoms with E-state index in [1.807, 2.05) is 0 Å². The van der Waals surface area contributed by atoms with Crippen LogP contribution in [0.4, 0.5) is 0 Å². The van der Waals surface area contributed by atoms with E-state index in [-0.39, 0.29) is 0 Å². The van der Waals surface area contributed by atoms with Crippen LogP contribution in [0.3, 0.4) is 0 Å². The summed E-state index contributed by atoms with van der Waals surface area (Å²) in [4.78, 5) is 5.05. The van der Waals surface area contributed by atoms with E-state index < -0.39 is 0 Å². The molecule has 16 heavy (non-hydrogen) atoms. The first-order valence-corrected chi connectivity index (χ1v) is 6.44. The van der Waals surface area contributed by atoms with Gasteiger partial charge in [-0.1, -0.05) is 6.92 Å². The minimum atomic E-state index is 0.304. The lowest BCUT2D eigenvalue weighted by Gasteiger charge is -2.32. The van der Waals surface area contributed by atoms with Gasteiger partial charge in [0.15, 0.2) is 0 Å². The van der Waals surface area contributed by atoms with Gasteiger partial charge in [0.25, 0.3) is 0 Å². The first-order valence-electron chi connectivity index (χ1n) is 6.44. The number of aliphatic hydroxyl groups excluding tert-OH is 1. The molecule has 2 fully saturated rings. The average Bonchev–Trinajstić information content (AvgIpc) is 2.78. The summed E-state index contributed by atoms with van der Waals surface area (Å²) in [5.74, 6) is 0.406. The van der Waals surface area contributed by atoms with Gasteiger partial charge in [-0.3, -0.25) is 4.90 Å². The second-order valence-electron chi connectivity index (χ2n) is 5.14. The predicted octanol–water partition coefficient (Wildman–Crippen LogP) is 0.0213. The summed E-state index contributed by atoms with van der Waals surface area (Å²) in [7, 11) is 0. The molecule has 2 aliphatic rings. The van der Waals surface area contributed by atoms with Crippen molar-refractivity contribution in [3.63, 3.8) is 0 Å². The van der Waals surface area contributed by atoms with Gasteiger partial charge < -0.3 is 14.7 Å². The number of hydrogen-bond donors (Lipinski definition) is 1. The van der Waals surface area contributed by atoms with Crippen LogP contribution in [0.2, 0.25) is 0 Å². The number of nitrogens with zero attached hydrogens (tertiary/aromatic N) is 2. The lowest BCUT2D eigenvalue weighted by Crippen LogP contribution is -2.45. The van der Waals surface area contributed by atoms with Crippen molar-refractivity contribution < 1.29 is 9.84 Å². The van der Waals surface area contributed by atoms with Crippen molar-refractivity contribution in [2.75, 3.05) is 52.5 Å². The van der Waals surface area contributed by atoms with Crippen LogP contribution in [-0.4, -0.2) is 73.5 Å². The van der Waals surface area contributed by atoms with E-state index in [4.69, 9.17) is 9.84 Å². The second-order valence-corrected chi connectivity index (χ2v) is 5.14. The molecule has 0 amide bonds. The van der Waals surface area contributed by atoms with Crippen molar-refractivity contribution in [2.24, 2.45) is 5.92 Å². The Hall–Kier alpha value is -0.160. The number of rotatable bonds is 4. The Morgan fingerprint density at radius 1 is 1.31 bits per heavy atom.